The molecular weight excluding hydrogens is 393 g/mol. The highest BCUT2D eigenvalue weighted by molar-refractivity contribution is 14.0. The van der Waals surface area contributed by atoms with Gasteiger partial charge in [-0.05, 0) is 31.5 Å². The molecule has 6 nitrogen and oxygen atoms in total. The van der Waals surface area contributed by atoms with E-state index < -0.39 is 0 Å². The van der Waals surface area contributed by atoms with Gasteiger partial charge in [-0.2, -0.15) is 0 Å². The van der Waals surface area contributed by atoms with Gasteiger partial charge in [0.2, 0.25) is 0 Å². The number of benzene rings is 1. The highest BCUT2D eigenvalue weighted by atomic mass is 127. The number of carbonyl (C=O) groups is 1. The summed E-state index contributed by atoms with van der Waals surface area (Å²) >= 11 is 0. The summed E-state index contributed by atoms with van der Waals surface area (Å²) in [5.41, 5.74) is 7.42. The minimum Gasteiger partial charge on any atom is -0.370 e. The highest BCUT2D eigenvalue weighted by Gasteiger charge is 2.03. The van der Waals surface area contributed by atoms with Gasteiger partial charge in [-0.1, -0.05) is 18.2 Å². The average molecular weight is 417 g/mol. The number of rotatable bonds is 6. The largest absolute Gasteiger partial charge is 0.370 e. The molecule has 0 saturated carbocycles. The molecule has 5 N–H and O–H groups in total. The topological polar surface area (TPSA) is 91.5 Å². The second kappa shape index (κ2) is 10.9. The molecule has 0 atom stereocenters. The number of amides is 2. The molecule has 0 bridgehead atoms. The van der Waals surface area contributed by atoms with E-state index in [0.717, 1.165) is 11.3 Å². The van der Waals surface area contributed by atoms with E-state index in [4.69, 9.17) is 5.73 Å². The highest BCUT2D eigenvalue weighted by Crippen LogP contribution is 2.10. The maximum atomic E-state index is 11.5. The number of halogens is 1. The van der Waals surface area contributed by atoms with Crippen LogP contribution in [0.25, 0.3) is 0 Å². The van der Waals surface area contributed by atoms with Gasteiger partial charge in [-0.25, -0.2) is 9.79 Å². The summed E-state index contributed by atoms with van der Waals surface area (Å²) < 4.78 is 0. The number of nitrogens with one attached hydrogen (secondary N) is 3. The maximum absolute atomic E-state index is 11.5. The van der Waals surface area contributed by atoms with Crippen molar-refractivity contribution in [1.82, 2.24) is 10.6 Å². The summed E-state index contributed by atoms with van der Waals surface area (Å²) in [6.45, 7) is 8.47. The normalized spacial score (nSPS) is 10.6. The smallest absolute Gasteiger partial charge is 0.319 e. The summed E-state index contributed by atoms with van der Waals surface area (Å²) in [6.07, 6.45) is 1.71. The number of urea groups is 1. The number of nitrogens with zero attached hydrogens (tertiary/aromatic N) is 1. The number of carbonyl (C=O) groups excluding carboxylic acids is 1. The SMILES string of the molecule is C=CCNC(N)=NCc1ccc(NC(=O)NC(C)C)cc1.I. The van der Waals surface area contributed by atoms with Crippen molar-refractivity contribution in [3.63, 3.8) is 0 Å². The molecule has 0 aliphatic carbocycles. The summed E-state index contributed by atoms with van der Waals surface area (Å²) in [7, 11) is 0. The maximum Gasteiger partial charge on any atom is 0.319 e. The Morgan fingerprint density at radius 1 is 1.36 bits per heavy atom. The Kier molecular flexibility index (Phi) is 10.0. The van der Waals surface area contributed by atoms with Gasteiger partial charge in [0.1, 0.15) is 0 Å². The quantitative estimate of drug-likeness (QED) is 0.248. The average Bonchev–Trinajstić information content (AvgIpc) is 2.43. The van der Waals surface area contributed by atoms with Gasteiger partial charge in [-0.3, -0.25) is 0 Å². The fourth-order valence-corrected chi connectivity index (χ4v) is 1.53. The van der Waals surface area contributed by atoms with Gasteiger partial charge in [0.25, 0.3) is 0 Å². The van der Waals surface area contributed by atoms with Gasteiger partial charge in [-0.15, -0.1) is 30.6 Å². The van der Waals surface area contributed by atoms with E-state index in [9.17, 15) is 4.79 Å². The second-order valence-electron chi connectivity index (χ2n) is 4.82. The third-order valence-corrected chi connectivity index (χ3v) is 2.49. The second-order valence-corrected chi connectivity index (χ2v) is 4.82. The molecule has 122 valence electrons. The van der Waals surface area contributed by atoms with Crippen molar-refractivity contribution in [1.29, 1.82) is 0 Å². The van der Waals surface area contributed by atoms with Crippen LogP contribution in [0.4, 0.5) is 10.5 Å². The number of anilines is 1. The third-order valence-electron chi connectivity index (χ3n) is 2.49. The van der Waals surface area contributed by atoms with Crippen LogP contribution in [0, 0.1) is 0 Å². The summed E-state index contributed by atoms with van der Waals surface area (Å²) in [5, 5.41) is 8.42. The first kappa shape index (κ1) is 20.2. The van der Waals surface area contributed by atoms with Crippen LogP contribution < -0.4 is 21.7 Å². The first-order chi connectivity index (χ1) is 10.0. The zero-order chi connectivity index (χ0) is 15.7. The molecule has 0 aromatic heterocycles. The Labute approximate surface area is 148 Å². The van der Waals surface area contributed by atoms with E-state index in [2.05, 4.69) is 27.5 Å². The van der Waals surface area contributed by atoms with E-state index in [1.165, 1.54) is 0 Å². The van der Waals surface area contributed by atoms with Crippen molar-refractivity contribution in [2.75, 3.05) is 11.9 Å². The molecule has 0 spiro atoms. The molecule has 1 aromatic rings. The van der Waals surface area contributed by atoms with Gasteiger partial charge >= 0.3 is 6.03 Å². The van der Waals surface area contributed by atoms with Crippen molar-refractivity contribution < 1.29 is 4.79 Å². The molecule has 1 rings (SSSR count). The van der Waals surface area contributed by atoms with Crippen LogP contribution in [0.2, 0.25) is 0 Å². The van der Waals surface area contributed by atoms with Gasteiger partial charge in [0, 0.05) is 18.3 Å². The van der Waals surface area contributed by atoms with Crippen molar-refractivity contribution in [3.05, 3.63) is 42.5 Å². The van der Waals surface area contributed by atoms with Crippen LogP contribution in [0.1, 0.15) is 19.4 Å². The molecule has 0 saturated heterocycles. The minimum atomic E-state index is -0.214. The number of nitrogens with two attached hydrogens (primary N) is 1. The van der Waals surface area contributed by atoms with Gasteiger partial charge in [0.15, 0.2) is 5.96 Å². The van der Waals surface area contributed by atoms with E-state index >= 15 is 0 Å². The zero-order valence-corrected chi connectivity index (χ0v) is 15.3. The number of hydrogen-bond acceptors (Lipinski definition) is 2. The number of guanidine groups is 1. The predicted octanol–water partition coefficient (Wildman–Crippen LogP) is 2.42. The zero-order valence-electron chi connectivity index (χ0n) is 12.9. The lowest BCUT2D eigenvalue weighted by Crippen LogP contribution is -2.34. The molecule has 7 heteroatoms. The van der Waals surface area contributed by atoms with Gasteiger partial charge < -0.3 is 21.7 Å². The van der Waals surface area contributed by atoms with Crippen LogP contribution in [-0.4, -0.2) is 24.6 Å². The lowest BCUT2D eigenvalue weighted by Gasteiger charge is -2.10. The van der Waals surface area contributed by atoms with Crippen molar-refractivity contribution in [2.24, 2.45) is 10.7 Å². The van der Waals surface area contributed by atoms with E-state index in [0.29, 0.717) is 19.0 Å². The van der Waals surface area contributed by atoms with E-state index in [1.54, 1.807) is 6.08 Å². The number of aliphatic imine (C=N–C) groups is 1. The molecular formula is C15H24IN5O. The Bertz CT molecular complexity index is 499. The molecule has 0 aliphatic rings. The Hall–Kier alpha value is -1.77. The Morgan fingerprint density at radius 2 is 2.00 bits per heavy atom. The van der Waals surface area contributed by atoms with Crippen LogP contribution in [0.3, 0.4) is 0 Å². The first-order valence-electron chi connectivity index (χ1n) is 6.82. The molecule has 0 fully saturated rings. The predicted molar refractivity (Wildman–Crippen MR) is 103 cm³/mol. The Balaban J connectivity index is 0.00000441. The molecule has 22 heavy (non-hydrogen) atoms. The molecule has 0 heterocycles. The van der Waals surface area contributed by atoms with Crippen molar-refractivity contribution in [3.8, 4) is 0 Å². The van der Waals surface area contributed by atoms with Crippen LogP contribution in [0.15, 0.2) is 41.9 Å². The number of hydrogen-bond donors (Lipinski definition) is 4. The molecule has 0 unspecified atom stereocenters. The molecule has 2 amide bonds. The van der Waals surface area contributed by atoms with Crippen LogP contribution in [-0.2, 0) is 6.54 Å². The fraction of sp³-hybridized carbons (Fsp3) is 0.333. The lowest BCUT2D eigenvalue weighted by molar-refractivity contribution is 0.250. The lowest BCUT2D eigenvalue weighted by atomic mass is 10.2. The Morgan fingerprint density at radius 3 is 2.55 bits per heavy atom. The molecule has 0 aliphatic heterocycles. The molecule has 0 radical (unpaired) electrons. The van der Waals surface area contributed by atoms with Crippen LogP contribution >= 0.6 is 24.0 Å². The summed E-state index contributed by atoms with van der Waals surface area (Å²) in [6, 6.07) is 7.35. The fourth-order valence-electron chi connectivity index (χ4n) is 1.53. The van der Waals surface area contributed by atoms with Crippen molar-refractivity contribution >= 4 is 41.7 Å². The first-order valence-corrected chi connectivity index (χ1v) is 6.82. The van der Waals surface area contributed by atoms with E-state index in [1.807, 2.05) is 38.1 Å². The third kappa shape index (κ3) is 8.50. The summed E-state index contributed by atoms with van der Waals surface area (Å²) in [4.78, 5) is 15.7. The standard InChI is InChI=1S/C15H23N5O.HI/c1-4-9-17-14(16)18-10-12-5-7-13(8-6-12)20-15(21)19-11(2)3;/h4-8,11H,1,9-10H2,2-3H3,(H3,16,17,18)(H2,19,20,21);1H. The molecule has 1 aromatic carbocycles. The van der Waals surface area contributed by atoms with Crippen LogP contribution in [0.5, 0.6) is 0 Å². The van der Waals surface area contributed by atoms with Gasteiger partial charge in [0.05, 0.1) is 6.54 Å². The van der Waals surface area contributed by atoms with E-state index in [-0.39, 0.29) is 36.0 Å². The summed E-state index contributed by atoms with van der Waals surface area (Å²) in [5.74, 6) is 0.383. The minimum absolute atomic E-state index is 0. The van der Waals surface area contributed by atoms with Crippen molar-refractivity contribution in [2.45, 2.75) is 26.4 Å². The monoisotopic (exact) mass is 417 g/mol.